The second kappa shape index (κ2) is 48.6. The van der Waals surface area contributed by atoms with Gasteiger partial charge in [-0.25, -0.2) is 4.39 Å². The topological polar surface area (TPSA) is 336 Å². The van der Waals surface area contributed by atoms with E-state index in [1.165, 1.54) is 114 Å². The Bertz CT molecular complexity index is 4820. The highest BCUT2D eigenvalue weighted by molar-refractivity contribution is 5.97. The van der Waals surface area contributed by atoms with Gasteiger partial charge in [-0.15, -0.1) is 0 Å². The number of nitriles is 2. The second-order valence-corrected chi connectivity index (χ2v) is 41.1. The zero-order chi connectivity index (χ0) is 105. The van der Waals surface area contributed by atoms with Crippen molar-refractivity contribution in [2.75, 3.05) is 13.2 Å². The average molecular weight is 2030 g/mol. The smallest absolute Gasteiger partial charge is 0.376 e. The standard InChI is InChI=1S/2C22H29F3N2O3.2C22H27F3N2O2.C18H23F4NO2/c2*1-21(30,22(23,24)25)16-7-5-15(6-8-16)20(29)27(18-11-12-18)17-9-2-14(3-10-17)4-13-19(26)28;2*1-21(29,22(23,24)25)17-8-6-16(7-9-17)20(28)27(19-12-13-19)18-10-4-15(5-11-18)3-2-14-26;1-17(25,18(20,21)22)14-9-7-13(8-10-14)16(24)23(12-11-19)15-5-3-2-4-6-15/h2*5-8,14,17-18,30H,2-4,9-13H2,1H3,(H2,26,28);2*6-9,15,18-19,29H,2-5,10-13H2,1H3;7-10,15,25H,2-6,11-12H2,1H3/t2*14?,17?,21-;2*15?,18?,21-;17-/m00000/s1. The fourth-order valence-corrected chi connectivity index (χ4v) is 20.2. The first-order valence-corrected chi connectivity index (χ1v) is 50.0. The third-order valence-corrected chi connectivity index (χ3v) is 30.3. The van der Waals surface area contributed by atoms with Crippen LogP contribution in [-0.2, 0) is 37.6 Å². The Morgan fingerprint density at radius 1 is 0.287 bits per heavy atom. The van der Waals surface area contributed by atoms with Crippen LogP contribution in [-0.4, -0.2) is 190 Å². The van der Waals surface area contributed by atoms with E-state index in [0.29, 0.717) is 106 Å². The highest BCUT2D eigenvalue weighted by Crippen LogP contribution is 2.48. The molecule has 7 amide bonds. The number of carbonyl (C=O) groups excluding carboxylic acids is 7. The van der Waals surface area contributed by atoms with Crippen molar-refractivity contribution in [3.05, 3.63) is 177 Å². The molecule has 0 aromatic heterocycles. The zero-order valence-corrected chi connectivity index (χ0v) is 81.6. The average Bonchev–Trinajstić information content (AvgIpc) is 1.66. The predicted octanol–water partition coefficient (Wildman–Crippen LogP) is 21.8. The first-order valence-electron chi connectivity index (χ1n) is 50.0. The molecule has 0 spiro atoms. The molecular weight excluding hydrogens is 1900 g/mol. The predicted molar refractivity (Wildman–Crippen MR) is 501 cm³/mol. The molecule has 0 radical (unpaired) electrons. The van der Waals surface area contributed by atoms with Gasteiger partial charge in [0.1, 0.15) is 6.67 Å². The van der Waals surface area contributed by atoms with Gasteiger partial charge in [0.25, 0.3) is 29.5 Å². The van der Waals surface area contributed by atoms with Crippen molar-refractivity contribution in [1.82, 2.24) is 24.5 Å². The Balaban J connectivity index is 0.000000184. The maximum absolute atomic E-state index is 13.2. The third kappa shape index (κ3) is 30.2. The van der Waals surface area contributed by atoms with E-state index < -0.39 is 65.6 Å². The lowest BCUT2D eigenvalue weighted by Crippen LogP contribution is -2.44. The van der Waals surface area contributed by atoms with Gasteiger partial charge in [-0.3, -0.25) is 33.6 Å². The zero-order valence-electron chi connectivity index (χ0n) is 81.6. The van der Waals surface area contributed by atoms with E-state index in [9.17, 15) is 129 Å². The van der Waals surface area contributed by atoms with Gasteiger partial charge in [-0.05, 0) is 339 Å². The summed E-state index contributed by atoms with van der Waals surface area (Å²) in [5.41, 5.74) is -4.29. The molecule has 788 valence electrons. The summed E-state index contributed by atoms with van der Waals surface area (Å²) in [5.74, 6) is 0.340. The van der Waals surface area contributed by atoms with E-state index in [-0.39, 0.29) is 136 Å². The largest absolute Gasteiger partial charge is 0.421 e. The first kappa shape index (κ1) is 115. The quantitative estimate of drug-likeness (QED) is 0.0203. The Labute approximate surface area is 824 Å². The second-order valence-electron chi connectivity index (χ2n) is 41.1. The van der Waals surface area contributed by atoms with Crippen molar-refractivity contribution < 1.29 is 129 Å². The molecule has 9 fully saturated rings. The number of nitrogens with zero attached hydrogens (tertiary/aromatic N) is 7. The molecule has 37 heteroatoms. The van der Waals surface area contributed by atoms with Gasteiger partial charge < -0.3 is 61.5 Å². The van der Waals surface area contributed by atoms with Crippen LogP contribution in [0.3, 0.4) is 0 Å². The molecule has 9 N–H and O–H groups in total. The van der Waals surface area contributed by atoms with Crippen LogP contribution in [0.1, 0.15) is 352 Å². The highest BCUT2D eigenvalue weighted by atomic mass is 19.4. The number of benzene rings is 5. The van der Waals surface area contributed by atoms with E-state index in [1.807, 2.05) is 19.6 Å². The van der Waals surface area contributed by atoms with Gasteiger partial charge in [-0.2, -0.15) is 76.4 Å². The van der Waals surface area contributed by atoms with Crippen LogP contribution in [0.4, 0.5) is 70.2 Å². The lowest BCUT2D eigenvalue weighted by molar-refractivity contribution is -0.259. The van der Waals surface area contributed by atoms with Crippen LogP contribution >= 0.6 is 0 Å². The van der Waals surface area contributed by atoms with Gasteiger partial charge in [0.15, 0.2) is 28.0 Å². The molecule has 5 aromatic carbocycles. The van der Waals surface area contributed by atoms with E-state index in [2.05, 4.69) is 12.1 Å². The van der Waals surface area contributed by atoms with Crippen LogP contribution in [0.5, 0.6) is 0 Å². The molecule has 21 nitrogen and oxygen atoms in total. The molecule has 5 aromatic rings. The summed E-state index contributed by atoms with van der Waals surface area (Å²) in [6, 6.07) is 30.7. The molecular formula is C106H135F16N9O12. The molecule has 9 aliphatic rings. The summed E-state index contributed by atoms with van der Waals surface area (Å²) in [4.78, 5) is 96.4. The van der Waals surface area contributed by atoms with E-state index in [4.69, 9.17) is 22.0 Å². The fraction of sp³-hybridized carbons (Fsp3) is 0.632. The number of carbonyl (C=O) groups is 7. The van der Waals surface area contributed by atoms with Crippen LogP contribution in [0.2, 0.25) is 0 Å². The number of aliphatic hydroxyl groups is 5. The summed E-state index contributed by atoms with van der Waals surface area (Å²) < 4.78 is 208. The summed E-state index contributed by atoms with van der Waals surface area (Å²) in [7, 11) is 0. The molecule has 5 atom stereocenters. The number of nitrogens with two attached hydrogens (primary N) is 2. The molecule has 0 bridgehead atoms. The number of rotatable bonds is 31. The lowest BCUT2D eigenvalue weighted by atomic mass is 9.82. The highest BCUT2D eigenvalue weighted by Gasteiger charge is 2.57. The van der Waals surface area contributed by atoms with Crippen molar-refractivity contribution in [3.8, 4) is 12.1 Å². The number of alkyl halides is 16. The molecule has 14 rings (SSSR count). The van der Waals surface area contributed by atoms with Crippen molar-refractivity contribution in [1.29, 1.82) is 10.5 Å². The van der Waals surface area contributed by atoms with Gasteiger partial charge in [0.2, 0.25) is 11.8 Å². The Hall–Kier alpha value is -9.95. The van der Waals surface area contributed by atoms with Crippen LogP contribution in [0, 0.1) is 46.3 Å². The molecule has 0 unspecified atom stereocenters. The fourth-order valence-electron chi connectivity index (χ4n) is 20.2. The maximum atomic E-state index is 13.2. The lowest BCUT2D eigenvalue weighted by Gasteiger charge is -2.37. The van der Waals surface area contributed by atoms with Crippen molar-refractivity contribution in [3.63, 3.8) is 0 Å². The van der Waals surface area contributed by atoms with Gasteiger partial charge in [0, 0.05) is 114 Å². The number of amides is 7. The molecule has 0 saturated heterocycles. The Morgan fingerprint density at radius 2 is 0.469 bits per heavy atom. The van der Waals surface area contributed by atoms with Crippen LogP contribution < -0.4 is 11.5 Å². The molecule has 143 heavy (non-hydrogen) atoms. The Morgan fingerprint density at radius 3 is 0.636 bits per heavy atom. The minimum absolute atomic E-state index is 0.0223. The van der Waals surface area contributed by atoms with E-state index in [0.717, 1.165) is 224 Å². The number of primary amides is 2. The summed E-state index contributed by atoms with van der Waals surface area (Å²) in [5, 5.41) is 66.4. The number of hydrogen-bond acceptors (Lipinski definition) is 14. The summed E-state index contributed by atoms with van der Waals surface area (Å²) in [6.07, 6.45) is 8.27. The van der Waals surface area contributed by atoms with Crippen LogP contribution in [0.15, 0.2) is 121 Å². The molecule has 9 saturated carbocycles. The van der Waals surface area contributed by atoms with Gasteiger partial charge in [-0.1, -0.05) is 79.9 Å². The first-order chi connectivity index (χ1) is 67.0. The van der Waals surface area contributed by atoms with Crippen molar-refractivity contribution >= 4 is 41.4 Å². The SMILES string of the molecule is C[C@](O)(c1ccc(C(=O)N(C2CCC(CCC#N)CC2)C2CC2)cc1)C(F)(F)F.C[C@](O)(c1ccc(C(=O)N(C2CCC(CCC#N)CC2)C2CC2)cc1)C(F)(F)F.C[C@](O)(c1ccc(C(=O)N(C2CCC(CCC(N)=O)CC2)C2CC2)cc1)C(F)(F)F.C[C@](O)(c1ccc(C(=O)N(C2CCC(CCC(N)=O)CC2)C2CC2)cc1)C(F)(F)F.C[C@](O)(c1ccc(C(=O)N(CCF)C2CCCCC2)cc1)C(F)(F)F. The monoisotopic (exact) mass is 2030 g/mol. The number of hydrogen-bond donors (Lipinski definition) is 7. The summed E-state index contributed by atoms with van der Waals surface area (Å²) in [6.45, 7) is 2.82. The molecule has 0 heterocycles. The van der Waals surface area contributed by atoms with Crippen molar-refractivity contribution in [2.45, 2.75) is 385 Å². The summed E-state index contributed by atoms with van der Waals surface area (Å²) >= 11 is 0. The van der Waals surface area contributed by atoms with Crippen molar-refractivity contribution in [2.24, 2.45) is 35.1 Å². The molecule has 9 aliphatic carbocycles. The maximum Gasteiger partial charge on any atom is 0.421 e. The third-order valence-electron chi connectivity index (χ3n) is 30.3. The minimum atomic E-state index is -4.82. The van der Waals surface area contributed by atoms with Crippen LogP contribution in [0.25, 0.3) is 0 Å². The molecule has 0 aliphatic heterocycles. The van der Waals surface area contributed by atoms with Gasteiger partial charge >= 0.3 is 30.9 Å². The van der Waals surface area contributed by atoms with E-state index >= 15 is 0 Å². The van der Waals surface area contributed by atoms with E-state index in [1.54, 1.807) is 0 Å². The normalized spacial score (nSPS) is 23.3. The van der Waals surface area contributed by atoms with Gasteiger partial charge in [0.05, 0.1) is 12.1 Å². The minimum Gasteiger partial charge on any atom is -0.376 e. The number of halogens is 16. The Kier molecular flexibility index (Phi) is 39.1.